The van der Waals surface area contributed by atoms with E-state index in [0.29, 0.717) is 17.3 Å². The Morgan fingerprint density at radius 3 is 2.67 bits per heavy atom. The third-order valence-electron chi connectivity index (χ3n) is 3.97. The van der Waals surface area contributed by atoms with Crippen molar-refractivity contribution in [3.05, 3.63) is 53.6 Å². The Balaban J connectivity index is 1.76. The van der Waals surface area contributed by atoms with Crippen LogP contribution in [0, 0.1) is 0 Å². The van der Waals surface area contributed by atoms with E-state index in [1.54, 1.807) is 6.07 Å². The van der Waals surface area contributed by atoms with Crippen LogP contribution in [0.1, 0.15) is 17.0 Å². The summed E-state index contributed by atoms with van der Waals surface area (Å²) in [5.74, 6) is 0.461. The van der Waals surface area contributed by atoms with E-state index in [-0.39, 0.29) is 4.90 Å². The van der Waals surface area contributed by atoms with Gasteiger partial charge in [-0.3, -0.25) is 0 Å². The number of anilines is 2. The molecule has 0 saturated heterocycles. The normalized spacial score (nSPS) is 16.9. The molecule has 0 fully saturated rings. The highest BCUT2D eigenvalue weighted by molar-refractivity contribution is 7.90. The second-order valence-electron chi connectivity index (χ2n) is 5.47. The largest absolute Gasteiger partial charge is 0.396 e. The van der Waals surface area contributed by atoms with E-state index >= 15 is 0 Å². The number of nitrogens with two attached hydrogens (primary N) is 1. The molecule has 1 aliphatic carbocycles. The number of hydrogen-bond donors (Lipinski definition) is 2. The van der Waals surface area contributed by atoms with Gasteiger partial charge >= 0.3 is 0 Å². The van der Waals surface area contributed by atoms with Gasteiger partial charge in [-0.05, 0) is 29.7 Å². The van der Waals surface area contributed by atoms with Crippen LogP contribution in [0.4, 0.5) is 11.4 Å². The zero-order chi connectivity index (χ0) is 15.0. The Bertz CT molecular complexity index is 785. The Kier molecular flexibility index (Phi) is 3.37. The van der Waals surface area contributed by atoms with Gasteiger partial charge in [0, 0.05) is 18.7 Å². The number of fused-ring (bicyclic) bond motifs is 1. The van der Waals surface area contributed by atoms with Crippen LogP contribution in [0.3, 0.4) is 0 Å². The predicted octanol–water partition coefficient (Wildman–Crippen LogP) is 2.42. The van der Waals surface area contributed by atoms with Crippen LogP contribution in [0.5, 0.6) is 0 Å². The first-order valence-corrected chi connectivity index (χ1v) is 8.76. The predicted molar refractivity (Wildman–Crippen MR) is 85.3 cm³/mol. The summed E-state index contributed by atoms with van der Waals surface area (Å²) in [5, 5.41) is 3.28. The van der Waals surface area contributed by atoms with Crippen LogP contribution in [0.15, 0.2) is 47.4 Å². The molecular formula is C16H18N2O2S. The summed E-state index contributed by atoms with van der Waals surface area (Å²) in [7, 11) is -3.30. The Hall–Kier alpha value is -2.01. The van der Waals surface area contributed by atoms with Crippen LogP contribution in [-0.2, 0) is 16.3 Å². The standard InChI is InChI=1S/C16H18N2O2S/c1-21(19,20)15-8-4-7-14(16(15)17)18-10-12-9-11-5-2-3-6-13(11)12/h2-8,12,18H,9-10,17H2,1H3. The van der Waals surface area contributed by atoms with Gasteiger partial charge in [0.25, 0.3) is 0 Å². The fraction of sp³-hybridized carbons (Fsp3) is 0.250. The third-order valence-corrected chi connectivity index (χ3v) is 5.12. The molecule has 3 N–H and O–H groups in total. The number of rotatable bonds is 4. The number of benzene rings is 2. The average Bonchev–Trinajstić information content (AvgIpc) is 2.40. The van der Waals surface area contributed by atoms with Crippen molar-refractivity contribution < 1.29 is 8.42 Å². The monoisotopic (exact) mass is 302 g/mol. The van der Waals surface area contributed by atoms with Crippen molar-refractivity contribution in [1.29, 1.82) is 0 Å². The number of nitrogens with one attached hydrogen (secondary N) is 1. The minimum atomic E-state index is -3.30. The summed E-state index contributed by atoms with van der Waals surface area (Å²) in [4.78, 5) is 0.182. The van der Waals surface area contributed by atoms with E-state index in [1.165, 1.54) is 23.4 Å². The summed E-state index contributed by atoms with van der Waals surface area (Å²) in [6.45, 7) is 0.758. The van der Waals surface area contributed by atoms with Crippen molar-refractivity contribution in [2.24, 2.45) is 0 Å². The highest BCUT2D eigenvalue weighted by atomic mass is 32.2. The van der Waals surface area contributed by atoms with Gasteiger partial charge in [-0.2, -0.15) is 0 Å². The zero-order valence-corrected chi connectivity index (χ0v) is 12.7. The average molecular weight is 302 g/mol. The van der Waals surface area contributed by atoms with Gasteiger partial charge in [-0.15, -0.1) is 0 Å². The number of hydrogen-bond acceptors (Lipinski definition) is 4. The molecule has 0 amide bonds. The van der Waals surface area contributed by atoms with Crippen LogP contribution in [0.25, 0.3) is 0 Å². The maximum Gasteiger partial charge on any atom is 0.177 e. The molecule has 0 heterocycles. The lowest BCUT2D eigenvalue weighted by Crippen LogP contribution is -2.24. The zero-order valence-electron chi connectivity index (χ0n) is 11.8. The smallest absolute Gasteiger partial charge is 0.177 e. The Morgan fingerprint density at radius 2 is 1.95 bits per heavy atom. The maximum absolute atomic E-state index is 11.7. The minimum Gasteiger partial charge on any atom is -0.396 e. The van der Waals surface area contributed by atoms with Gasteiger partial charge in [-0.1, -0.05) is 30.3 Å². The molecule has 5 heteroatoms. The van der Waals surface area contributed by atoms with Gasteiger partial charge in [0.2, 0.25) is 0 Å². The summed E-state index contributed by atoms with van der Waals surface area (Å²) in [6, 6.07) is 13.4. The molecule has 0 bridgehead atoms. The molecule has 2 aromatic rings. The van der Waals surface area contributed by atoms with Crippen molar-refractivity contribution in [3.8, 4) is 0 Å². The van der Waals surface area contributed by atoms with E-state index in [2.05, 4.69) is 23.5 Å². The van der Waals surface area contributed by atoms with Gasteiger partial charge in [0.05, 0.1) is 16.3 Å². The molecule has 21 heavy (non-hydrogen) atoms. The van der Waals surface area contributed by atoms with E-state index in [1.807, 2.05) is 12.1 Å². The molecule has 0 saturated carbocycles. The first-order valence-electron chi connectivity index (χ1n) is 6.87. The van der Waals surface area contributed by atoms with E-state index in [0.717, 1.165) is 13.0 Å². The molecule has 1 atom stereocenters. The van der Waals surface area contributed by atoms with E-state index in [9.17, 15) is 8.42 Å². The van der Waals surface area contributed by atoms with Gasteiger partial charge in [0.15, 0.2) is 9.84 Å². The lowest BCUT2D eigenvalue weighted by Gasteiger charge is -2.30. The number of nitrogen functional groups attached to an aromatic ring is 1. The molecule has 0 spiro atoms. The molecule has 2 aromatic carbocycles. The second kappa shape index (κ2) is 5.07. The molecule has 0 aromatic heterocycles. The first-order chi connectivity index (χ1) is 9.97. The molecule has 4 nitrogen and oxygen atoms in total. The fourth-order valence-electron chi connectivity index (χ4n) is 2.80. The summed E-state index contributed by atoms with van der Waals surface area (Å²) < 4.78 is 23.3. The minimum absolute atomic E-state index is 0.182. The molecular weight excluding hydrogens is 284 g/mol. The van der Waals surface area contributed by atoms with Crippen molar-refractivity contribution in [2.75, 3.05) is 23.9 Å². The van der Waals surface area contributed by atoms with Crippen LogP contribution < -0.4 is 11.1 Å². The highest BCUT2D eigenvalue weighted by Crippen LogP contribution is 2.35. The Labute approximate surface area is 124 Å². The van der Waals surface area contributed by atoms with Gasteiger partial charge in [-0.25, -0.2) is 8.42 Å². The van der Waals surface area contributed by atoms with Crippen LogP contribution >= 0.6 is 0 Å². The number of para-hydroxylation sites is 1. The molecule has 1 aliphatic rings. The summed E-state index contributed by atoms with van der Waals surface area (Å²) >= 11 is 0. The lowest BCUT2D eigenvalue weighted by molar-refractivity contribution is 0.602. The quantitative estimate of drug-likeness (QED) is 0.851. The first kappa shape index (κ1) is 13.9. The van der Waals surface area contributed by atoms with E-state index in [4.69, 9.17) is 5.73 Å². The summed E-state index contributed by atoms with van der Waals surface area (Å²) in [5.41, 5.74) is 9.70. The van der Waals surface area contributed by atoms with Crippen LogP contribution in [-0.4, -0.2) is 21.2 Å². The topological polar surface area (TPSA) is 72.2 Å². The van der Waals surface area contributed by atoms with Crippen LogP contribution in [0.2, 0.25) is 0 Å². The molecule has 110 valence electrons. The molecule has 0 aliphatic heterocycles. The second-order valence-corrected chi connectivity index (χ2v) is 7.45. The molecule has 1 unspecified atom stereocenters. The molecule has 0 radical (unpaired) electrons. The van der Waals surface area contributed by atoms with Gasteiger partial charge < -0.3 is 11.1 Å². The maximum atomic E-state index is 11.7. The van der Waals surface area contributed by atoms with Crippen molar-refractivity contribution in [1.82, 2.24) is 0 Å². The summed E-state index contributed by atoms with van der Waals surface area (Å²) in [6.07, 6.45) is 2.22. The van der Waals surface area contributed by atoms with E-state index < -0.39 is 9.84 Å². The third kappa shape index (κ3) is 2.61. The van der Waals surface area contributed by atoms with Crippen molar-refractivity contribution in [3.63, 3.8) is 0 Å². The van der Waals surface area contributed by atoms with Crippen molar-refractivity contribution >= 4 is 21.2 Å². The lowest BCUT2D eigenvalue weighted by atomic mass is 9.77. The SMILES string of the molecule is CS(=O)(=O)c1cccc(NCC2Cc3ccccc32)c1N. The highest BCUT2D eigenvalue weighted by Gasteiger charge is 2.25. The molecule has 3 rings (SSSR count). The Morgan fingerprint density at radius 1 is 1.19 bits per heavy atom. The fourth-order valence-corrected chi connectivity index (χ4v) is 3.63. The van der Waals surface area contributed by atoms with Gasteiger partial charge in [0.1, 0.15) is 0 Å². The van der Waals surface area contributed by atoms with Crippen molar-refractivity contribution in [2.45, 2.75) is 17.2 Å². The number of sulfone groups is 1.